The number of rotatable bonds is 0. The second-order valence-corrected chi connectivity index (χ2v) is 14.7. The number of nitrogens with zero attached hydrogens (tertiary/aromatic N) is 2. The van der Waals surface area contributed by atoms with Gasteiger partial charge in [0.05, 0.1) is 21.1 Å². The lowest BCUT2D eigenvalue weighted by molar-refractivity contribution is 1.22. The summed E-state index contributed by atoms with van der Waals surface area (Å²) in [5, 5.41) is 13.3. The molecule has 6 aromatic rings. The number of thiophene rings is 4. The molecule has 2 aromatic carbocycles. The minimum absolute atomic E-state index is 0.872. The maximum Gasteiger partial charge on any atom is 0.0857 e. The van der Waals surface area contributed by atoms with Gasteiger partial charge >= 0.3 is 0 Å². The Labute approximate surface area is 246 Å². The lowest BCUT2D eigenvalue weighted by atomic mass is 10.2. The summed E-state index contributed by atoms with van der Waals surface area (Å²) in [6.07, 6.45) is 0. The Kier molecular flexibility index (Phi) is 7.09. The summed E-state index contributed by atoms with van der Waals surface area (Å²) in [5.41, 5.74) is 4.31. The van der Waals surface area contributed by atoms with Crippen LogP contribution in [-0.4, -0.2) is 0 Å². The van der Waals surface area contributed by atoms with Crippen LogP contribution in [0.3, 0.4) is 0 Å². The van der Waals surface area contributed by atoms with Gasteiger partial charge in [-0.2, -0.15) is 10.2 Å². The molecule has 3 aliphatic rings. The molecule has 3 aliphatic heterocycles. The largest absolute Gasteiger partial charge is 0.151 e. The lowest BCUT2D eigenvalue weighted by Gasteiger charge is -2.04. The van der Waals surface area contributed by atoms with Crippen LogP contribution in [0.2, 0.25) is 0 Å². The van der Waals surface area contributed by atoms with Crippen LogP contribution in [0.15, 0.2) is 116 Å². The fourth-order valence-electron chi connectivity index (χ4n) is 4.12. The Balaban J connectivity index is 1.25. The molecule has 4 aromatic heterocycles. The van der Waals surface area contributed by atoms with Crippen LogP contribution in [0, 0.1) is 0 Å². The molecule has 7 heterocycles. The van der Waals surface area contributed by atoms with Gasteiger partial charge in [-0.25, -0.2) is 0 Å². The minimum Gasteiger partial charge on any atom is -0.151 e. The van der Waals surface area contributed by atoms with E-state index in [1.54, 1.807) is 0 Å². The molecule has 0 saturated carbocycles. The van der Waals surface area contributed by atoms with Crippen molar-refractivity contribution in [2.24, 2.45) is 10.2 Å². The molecule has 0 spiro atoms. The third-order valence-electron chi connectivity index (χ3n) is 6.10. The molecule has 0 aliphatic carbocycles. The Hall–Kier alpha value is -2.46. The normalized spacial score (nSPS) is 13.3. The van der Waals surface area contributed by atoms with Gasteiger partial charge in [-0.3, -0.25) is 0 Å². The van der Waals surface area contributed by atoms with Gasteiger partial charge in [0.25, 0.3) is 0 Å². The van der Waals surface area contributed by atoms with Crippen LogP contribution in [0.1, 0.15) is 11.1 Å². The molecule has 8 bridgehead atoms. The Bertz CT molecular complexity index is 1590. The van der Waals surface area contributed by atoms with E-state index in [2.05, 4.69) is 106 Å². The highest BCUT2D eigenvalue weighted by molar-refractivity contribution is 7.99. The van der Waals surface area contributed by atoms with Crippen LogP contribution in [-0.2, 0) is 11.5 Å². The number of hydrogen-bond donors (Lipinski definition) is 0. The number of thioether (sulfide) groups is 2. The molecule has 186 valence electrons. The van der Waals surface area contributed by atoms with Crippen molar-refractivity contribution in [1.82, 2.24) is 0 Å². The molecule has 0 unspecified atom stereocenters. The van der Waals surface area contributed by atoms with E-state index < -0.39 is 0 Å². The van der Waals surface area contributed by atoms with Crippen LogP contribution >= 0.6 is 68.9 Å². The van der Waals surface area contributed by atoms with E-state index in [9.17, 15) is 0 Å². The van der Waals surface area contributed by atoms with Crippen molar-refractivity contribution >= 4 is 80.2 Å². The molecular weight excluding hydrogens is 581 g/mol. The summed E-state index contributed by atoms with van der Waals surface area (Å²) >= 11 is 11.3. The van der Waals surface area contributed by atoms with E-state index in [0.29, 0.717) is 0 Å². The van der Waals surface area contributed by atoms with Gasteiger partial charge in [0.1, 0.15) is 0 Å². The first-order valence-corrected chi connectivity index (χ1v) is 17.4. The first kappa shape index (κ1) is 24.6. The zero-order valence-electron chi connectivity index (χ0n) is 20.0. The third-order valence-corrected chi connectivity index (χ3v) is 13.2. The molecule has 38 heavy (non-hydrogen) atoms. The van der Waals surface area contributed by atoms with Crippen LogP contribution in [0.5, 0.6) is 0 Å². The molecule has 0 atom stereocenters. The first-order chi connectivity index (χ1) is 18.8. The molecule has 0 N–H and O–H groups in total. The van der Waals surface area contributed by atoms with Crippen molar-refractivity contribution in [2.75, 3.05) is 0 Å². The maximum atomic E-state index is 4.45. The predicted octanol–water partition coefficient (Wildman–Crippen LogP) is 12.2. The van der Waals surface area contributed by atoms with Crippen LogP contribution in [0.4, 0.5) is 11.4 Å². The van der Waals surface area contributed by atoms with Gasteiger partial charge in [0.15, 0.2) is 0 Å². The lowest BCUT2D eigenvalue weighted by Crippen LogP contribution is -1.80. The third kappa shape index (κ3) is 5.21. The molecular formula is C30H20N2S6. The van der Waals surface area contributed by atoms with Crippen molar-refractivity contribution in [1.29, 1.82) is 0 Å². The Morgan fingerprint density at radius 2 is 0.868 bits per heavy atom. The summed E-state index contributed by atoms with van der Waals surface area (Å²) in [7, 11) is 0. The topological polar surface area (TPSA) is 24.7 Å². The highest BCUT2D eigenvalue weighted by Gasteiger charge is 2.15. The molecule has 2 nitrogen and oxygen atoms in total. The van der Waals surface area contributed by atoms with E-state index in [1.165, 1.54) is 50.2 Å². The fraction of sp³-hybridized carbons (Fsp3) is 0.0667. The van der Waals surface area contributed by atoms with Gasteiger partial charge in [0, 0.05) is 40.8 Å². The number of azo groups is 1. The first-order valence-electron chi connectivity index (χ1n) is 12.0. The summed E-state index contributed by atoms with van der Waals surface area (Å²) in [5.74, 6) is 1.85. The number of benzene rings is 2. The van der Waals surface area contributed by atoms with Crippen molar-refractivity contribution in [3.05, 3.63) is 107 Å². The Morgan fingerprint density at radius 1 is 0.447 bits per heavy atom. The zero-order valence-corrected chi connectivity index (χ0v) is 24.9. The standard InChI is InChI=1S/C30H20N2S6/c1-5-21-6-2-19(1)17-35-25-13-15-33-29(25)27-11-9-23(37-27)24-10-12-28(38-24)30-26(14-16-34-30)36-18-20-3-7-22(8-4-20)32-31-21/h1-16H,17-18H2. The molecule has 0 radical (unpaired) electrons. The van der Waals surface area contributed by atoms with Crippen molar-refractivity contribution in [2.45, 2.75) is 21.3 Å². The van der Waals surface area contributed by atoms with Gasteiger partial charge < -0.3 is 0 Å². The second kappa shape index (κ2) is 11.0. The van der Waals surface area contributed by atoms with Crippen LogP contribution < -0.4 is 0 Å². The summed E-state index contributed by atoms with van der Waals surface area (Å²) in [4.78, 5) is 10.8. The van der Waals surface area contributed by atoms with Crippen LogP contribution in [0.25, 0.3) is 29.3 Å². The van der Waals surface area contributed by atoms with Crippen molar-refractivity contribution in [3.8, 4) is 29.3 Å². The minimum atomic E-state index is 0.872. The van der Waals surface area contributed by atoms with E-state index in [-0.39, 0.29) is 0 Å². The molecule has 0 saturated heterocycles. The summed E-state index contributed by atoms with van der Waals surface area (Å²) in [6, 6.07) is 30.5. The maximum absolute atomic E-state index is 4.45. The van der Waals surface area contributed by atoms with E-state index in [0.717, 1.165) is 22.9 Å². The highest BCUT2D eigenvalue weighted by Crippen LogP contribution is 2.47. The second-order valence-electron chi connectivity index (χ2n) is 8.67. The number of fused-ring (bicyclic) bond motifs is 2. The Morgan fingerprint density at radius 3 is 1.32 bits per heavy atom. The summed E-state index contributed by atoms with van der Waals surface area (Å²) in [6.45, 7) is 0. The van der Waals surface area contributed by atoms with Crippen molar-refractivity contribution in [3.63, 3.8) is 0 Å². The van der Waals surface area contributed by atoms with E-state index in [1.807, 2.05) is 68.9 Å². The van der Waals surface area contributed by atoms with E-state index in [4.69, 9.17) is 0 Å². The molecule has 8 heteroatoms. The number of hydrogen-bond acceptors (Lipinski definition) is 8. The van der Waals surface area contributed by atoms with Gasteiger partial charge in [-0.1, -0.05) is 24.3 Å². The molecule has 0 amide bonds. The summed E-state index contributed by atoms with van der Waals surface area (Å²) < 4.78 is 0. The molecule has 9 rings (SSSR count). The van der Waals surface area contributed by atoms with Crippen molar-refractivity contribution < 1.29 is 0 Å². The highest BCUT2D eigenvalue weighted by atomic mass is 32.2. The zero-order chi connectivity index (χ0) is 25.3. The van der Waals surface area contributed by atoms with Gasteiger partial charge in [-0.05, 0) is 82.6 Å². The average molecular weight is 601 g/mol. The van der Waals surface area contributed by atoms with Gasteiger partial charge in [0.2, 0.25) is 0 Å². The molecule has 0 fully saturated rings. The smallest absolute Gasteiger partial charge is 0.0857 e. The SMILES string of the molecule is c1cc2c(s1)-c1ccc(s1)-c1ccc(s1)-c1sccc1SCc1ccc(cc1)N=Nc1ccc(cc1)CS2. The van der Waals surface area contributed by atoms with E-state index >= 15 is 0 Å². The average Bonchev–Trinajstić information content (AvgIpc) is 3.76. The quantitative estimate of drug-likeness (QED) is 0.173. The van der Waals surface area contributed by atoms with Gasteiger partial charge in [-0.15, -0.1) is 68.9 Å². The monoisotopic (exact) mass is 600 g/mol. The predicted molar refractivity (Wildman–Crippen MR) is 170 cm³/mol. The fourth-order valence-corrected chi connectivity index (χ4v) is 10.9.